The maximum atomic E-state index is 11.1. The number of carbonyl (C=O) groups excluding carboxylic acids is 1. The Balaban J connectivity index is 2.60. The van der Waals surface area contributed by atoms with Gasteiger partial charge >= 0.3 is 0 Å². The van der Waals surface area contributed by atoms with E-state index in [1.807, 2.05) is 22.1 Å². The van der Waals surface area contributed by atoms with E-state index < -0.39 is 0 Å². The fourth-order valence-corrected chi connectivity index (χ4v) is 2.62. The van der Waals surface area contributed by atoms with E-state index in [0.29, 0.717) is 18.1 Å². The van der Waals surface area contributed by atoms with E-state index in [2.05, 4.69) is 10.5 Å². The fraction of sp³-hybridized carbons (Fsp3) is 0.273. The summed E-state index contributed by atoms with van der Waals surface area (Å²) in [6, 6.07) is 3.83. The van der Waals surface area contributed by atoms with Gasteiger partial charge in [-0.1, -0.05) is 0 Å². The van der Waals surface area contributed by atoms with Crippen molar-refractivity contribution in [3.05, 3.63) is 23.2 Å². The summed E-state index contributed by atoms with van der Waals surface area (Å²) in [4.78, 5) is 12.1. The highest BCUT2D eigenvalue weighted by Crippen LogP contribution is 2.24. The lowest BCUT2D eigenvalue weighted by molar-refractivity contribution is 0.111. The number of fused-ring (bicyclic) bond motifs is 1. The summed E-state index contributed by atoms with van der Waals surface area (Å²) in [6.45, 7) is 0.337. The first-order valence-electron chi connectivity index (χ1n) is 5.08. The van der Waals surface area contributed by atoms with Crippen LogP contribution in [0.4, 0.5) is 0 Å². The van der Waals surface area contributed by atoms with Crippen molar-refractivity contribution in [2.45, 2.75) is 0 Å². The second-order valence-electron chi connectivity index (χ2n) is 3.39. The number of nitrogens with one attached hydrogen (secondary N) is 1. The zero-order chi connectivity index (χ0) is 12.3. The minimum atomic E-state index is 0.337. The van der Waals surface area contributed by atoms with Crippen LogP contribution in [0.15, 0.2) is 22.6 Å². The molecule has 2 heterocycles. The first kappa shape index (κ1) is 11.8. The first-order valence-corrected chi connectivity index (χ1v) is 5.96. The van der Waals surface area contributed by atoms with E-state index >= 15 is 0 Å². The highest BCUT2D eigenvalue weighted by molar-refractivity contribution is 7.17. The average molecular weight is 251 g/mol. The predicted molar refractivity (Wildman–Crippen MR) is 69.0 cm³/mol. The standard InChI is InChI=1S/C11H13N3O2S/c1-12-13-10(7-16-2)14-9(6-15)5-8-3-4-17-11(8)14/h3-6,12H,7H2,1-2H3/b13-10-. The van der Waals surface area contributed by atoms with E-state index in [-0.39, 0.29) is 0 Å². The summed E-state index contributed by atoms with van der Waals surface area (Å²) in [7, 11) is 3.31. The molecule has 0 aliphatic heterocycles. The molecule has 5 nitrogen and oxygen atoms in total. The van der Waals surface area contributed by atoms with Crippen LogP contribution in [0.2, 0.25) is 0 Å². The Bertz CT molecular complexity index is 556. The summed E-state index contributed by atoms with van der Waals surface area (Å²) < 4.78 is 6.91. The highest BCUT2D eigenvalue weighted by atomic mass is 32.1. The van der Waals surface area contributed by atoms with Crippen LogP contribution in [-0.2, 0) is 4.74 Å². The van der Waals surface area contributed by atoms with Gasteiger partial charge in [0.15, 0.2) is 12.1 Å². The number of hydrogen-bond donors (Lipinski definition) is 1. The van der Waals surface area contributed by atoms with Gasteiger partial charge in [0.1, 0.15) is 11.4 Å². The Kier molecular flexibility index (Phi) is 3.55. The zero-order valence-corrected chi connectivity index (χ0v) is 10.5. The number of ether oxygens (including phenoxy) is 1. The molecule has 0 atom stereocenters. The maximum Gasteiger partial charge on any atom is 0.166 e. The van der Waals surface area contributed by atoms with Crippen LogP contribution in [0.1, 0.15) is 10.5 Å². The molecule has 0 spiro atoms. The highest BCUT2D eigenvalue weighted by Gasteiger charge is 2.14. The van der Waals surface area contributed by atoms with Crippen molar-refractivity contribution in [1.29, 1.82) is 0 Å². The molecule has 0 unspecified atom stereocenters. The van der Waals surface area contributed by atoms with E-state index in [0.717, 1.165) is 16.5 Å². The molecule has 0 aliphatic carbocycles. The van der Waals surface area contributed by atoms with Crippen molar-refractivity contribution in [1.82, 2.24) is 9.99 Å². The maximum absolute atomic E-state index is 11.1. The van der Waals surface area contributed by atoms with Crippen LogP contribution >= 0.6 is 11.3 Å². The molecule has 0 aliphatic rings. The predicted octanol–water partition coefficient (Wildman–Crippen LogP) is 1.54. The van der Waals surface area contributed by atoms with Crippen molar-refractivity contribution in [3.63, 3.8) is 0 Å². The van der Waals surface area contributed by atoms with Crippen molar-refractivity contribution >= 4 is 33.7 Å². The van der Waals surface area contributed by atoms with Gasteiger partial charge in [-0.3, -0.25) is 9.36 Å². The van der Waals surface area contributed by atoms with Crippen molar-refractivity contribution in [3.8, 4) is 0 Å². The Morgan fingerprint density at radius 3 is 3.18 bits per heavy atom. The second-order valence-corrected chi connectivity index (χ2v) is 4.28. The number of hydrazone groups is 1. The summed E-state index contributed by atoms with van der Waals surface area (Å²) >= 11 is 1.57. The lowest BCUT2D eigenvalue weighted by Crippen LogP contribution is -2.22. The molecule has 17 heavy (non-hydrogen) atoms. The molecule has 6 heteroatoms. The smallest absolute Gasteiger partial charge is 0.166 e. The summed E-state index contributed by atoms with van der Waals surface area (Å²) in [5, 5.41) is 7.17. The molecule has 0 amide bonds. The van der Waals surface area contributed by atoms with Gasteiger partial charge in [0, 0.05) is 19.5 Å². The molecule has 0 fully saturated rings. The Morgan fingerprint density at radius 2 is 2.53 bits per heavy atom. The normalized spacial score (nSPS) is 12.0. The van der Waals surface area contributed by atoms with Gasteiger partial charge in [-0.15, -0.1) is 11.3 Å². The lowest BCUT2D eigenvalue weighted by Gasteiger charge is -2.09. The van der Waals surface area contributed by atoms with Crippen LogP contribution in [0.5, 0.6) is 0 Å². The van der Waals surface area contributed by atoms with Gasteiger partial charge in [-0.05, 0) is 17.5 Å². The quantitative estimate of drug-likeness (QED) is 0.388. The minimum absolute atomic E-state index is 0.337. The number of carbonyl (C=O) groups is 1. The van der Waals surface area contributed by atoms with Gasteiger partial charge in [0.05, 0.1) is 5.69 Å². The molecule has 2 rings (SSSR count). The molecule has 2 aromatic rings. The van der Waals surface area contributed by atoms with Crippen LogP contribution in [-0.4, -0.2) is 37.5 Å². The van der Waals surface area contributed by atoms with E-state index in [1.54, 1.807) is 25.5 Å². The second kappa shape index (κ2) is 5.11. The topological polar surface area (TPSA) is 55.6 Å². The Morgan fingerprint density at radius 1 is 1.71 bits per heavy atom. The minimum Gasteiger partial charge on any atom is -0.377 e. The van der Waals surface area contributed by atoms with Crippen LogP contribution in [0.3, 0.4) is 0 Å². The Labute approximate surface area is 103 Å². The van der Waals surface area contributed by atoms with Gasteiger partial charge in [-0.25, -0.2) is 0 Å². The van der Waals surface area contributed by atoms with Crippen molar-refractivity contribution < 1.29 is 9.53 Å². The number of aldehydes is 1. The molecule has 0 aromatic carbocycles. The fourth-order valence-electron chi connectivity index (χ4n) is 1.70. The molecular formula is C11H13N3O2S. The third-order valence-electron chi connectivity index (χ3n) is 2.33. The SMILES string of the molecule is CN/N=C(/COC)n1c(C=O)cc2ccsc21. The van der Waals surface area contributed by atoms with E-state index in [9.17, 15) is 4.79 Å². The van der Waals surface area contributed by atoms with Crippen LogP contribution < -0.4 is 5.43 Å². The van der Waals surface area contributed by atoms with E-state index in [1.165, 1.54) is 0 Å². The summed E-state index contributed by atoms with van der Waals surface area (Å²) in [5.74, 6) is 0.662. The third kappa shape index (κ3) is 2.09. The molecule has 0 saturated heterocycles. The van der Waals surface area contributed by atoms with Gasteiger partial charge < -0.3 is 10.2 Å². The molecule has 0 radical (unpaired) electrons. The van der Waals surface area contributed by atoms with Crippen LogP contribution in [0.25, 0.3) is 10.2 Å². The monoisotopic (exact) mass is 251 g/mol. The number of thiophene rings is 1. The largest absolute Gasteiger partial charge is 0.377 e. The number of rotatable bonds is 4. The Hall–Kier alpha value is -1.66. The average Bonchev–Trinajstić information content (AvgIpc) is 2.87. The summed E-state index contributed by atoms with van der Waals surface area (Å²) in [5.41, 5.74) is 3.31. The summed E-state index contributed by atoms with van der Waals surface area (Å²) in [6.07, 6.45) is 0.827. The first-order chi connectivity index (χ1) is 8.31. The molecule has 90 valence electrons. The number of methoxy groups -OCH3 is 1. The number of aromatic nitrogens is 1. The van der Waals surface area contributed by atoms with Crippen molar-refractivity contribution in [2.75, 3.05) is 20.8 Å². The van der Waals surface area contributed by atoms with E-state index in [4.69, 9.17) is 4.74 Å². The van der Waals surface area contributed by atoms with Gasteiger partial charge in [-0.2, -0.15) is 5.10 Å². The molecular weight excluding hydrogens is 238 g/mol. The van der Waals surface area contributed by atoms with Crippen LogP contribution in [0, 0.1) is 0 Å². The number of nitrogens with zero attached hydrogens (tertiary/aromatic N) is 2. The van der Waals surface area contributed by atoms with Gasteiger partial charge in [0.25, 0.3) is 0 Å². The molecule has 2 aromatic heterocycles. The molecule has 1 N–H and O–H groups in total. The molecule has 0 bridgehead atoms. The van der Waals surface area contributed by atoms with Crippen molar-refractivity contribution in [2.24, 2.45) is 5.10 Å². The number of hydrogen-bond acceptors (Lipinski definition) is 5. The zero-order valence-electron chi connectivity index (χ0n) is 9.64. The third-order valence-corrected chi connectivity index (χ3v) is 3.25. The lowest BCUT2D eigenvalue weighted by atomic mass is 10.4. The van der Waals surface area contributed by atoms with Gasteiger partial charge in [0.2, 0.25) is 0 Å². The molecule has 0 saturated carbocycles.